The summed E-state index contributed by atoms with van der Waals surface area (Å²) in [6.07, 6.45) is 2.61. The van der Waals surface area contributed by atoms with E-state index in [9.17, 15) is 0 Å². The molecule has 0 spiro atoms. The molecular weight excluding hydrogens is 374 g/mol. The van der Waals surface area contributed by atoms with Gasteiger partial charge in [-0.05, 0) is 24.1 Å². The molecule has 30 heavy (non-hydrogen) atoms. The third-order valence-corrected chi connectivity index (χ3v) is 5.56. The molecule has 0 saturated carbocycles. The van der Waals surface area contributed by atoms with Crippen molar-refractivity contribution >= 4 is 22.5 Å². The maximum Gasteiger partial charge on any atom is 0.186 e. The van der Waals surface area contributed by atoms with E-state index in [0.29, 0.717) is 5.65 Å². The quantitative estimate of drug-likeness (QED) is 0.462. The predicted molar refractivity (Wildman–Crippen MR) is 120 cm³/mol. The number of anilines is 2. The normalized spacial score (nSPS) is 14.8. The van der Waals surface area contributed by atoms with E-state index in [0.717, 1.165) is 67.3 Å². The lowest BCUT2D eigenvalue weighted by Crippen LogP contribution is -2.44. The number of fused-ring (bicyclic) bond motifs is 1. The summed E-state index contributed by atoms with van der Waals surface area (Å²) in [4.78, 5) is 11.3. The van der Waals surface area contributed by atoms with Crippen molar-refractivity contribution in [2.75, 3.05) is 38.0 Å². The van der Waals surface area contributed by atoms with Crippen LogP contribution in [0.2, 0.25) is 0 Å². The Bertz CT molecular complexity index is 1100. The molecule has 1 fully saturated rings. The Kier molecular flexibility index (Phi) is 5.37. The van der Waals surface area contributed by atoms with Crippen LogP contribution in [0.5, 0.6) is 0 Å². The second-order valence-corrected chi connectivity index (χ2v) is 7.55. The zero-order valence-corrected chi connectivity index (χ0v) is 16.8. The first-order chi connectivity index (χ1) is 14.9. The van der Waals surface area contributed by atoms with Crippen LogP contribution in [-0.4, -0.2) is 57.8 Å². The molecule has 0 radical (unpaired) electrons. The van der Waals surface area contributed by atoms with Gasteiger partial charge in [-0.15, -0.1) is 0 Å². The lowest BCUT2D eigenvalue weighted by atomic mass is 10.1. The van der Waals surface area contributed by atoms with Gasteiger partial charge in [0, 0.05) is 44.0 Å². The minimum atomic E-state index is 0.652. The van der Waals surface area contributed by atoms with Gasteiger partial charge in [-0.2, -0.15) is 5.10 Å². The van der Waals surface area contributed by atoms with E-state index in [1.165, 1.54) is 5.56 Å². The van der Waals surface area contributed by atoms with Gasteiger partial charge in [-0.25, -0.2) is 9.97 Å². The highest BCUT2D eigenvalue weighted by atomic mass is 15.2. The number of rotatable bonds is 6. The second kappa shape index (κ2) is 8.61. The number of aromatic nitrogens is 4. The molecule has 1 aliphatic heterocycles. The summed E-state index contributed by atoms with van der Waals surface area (Å²) >= 11 is 0. The first-order valence-electron chi connectivity index (χ1n) is 10.4. The van der Waals surface area contributed by atoms with Crippen LogP contribution in [0, 0.1) is 0 Å². The lowest BCUT2D eigenvalue weighted by Gasteiger charge is -2.27. The molecule has 3 heterocycles. The molecule has 3 N–H and O–H groups in total. The van der Waals surface area contributed by atoms with Gasteiger partial charge in [0.05, 0.1) is 11.1 Å². The third kappa shape index (κ3) is 4.03. The van der Waals surface area contributed by atoms with Crippen LogP contribution in [-0.2, 0) is 6.42 Å². The van der Waals surface area contributed by atoms with Crippen LogP contribution in [0.15, 0.2) is 60.9 Å². The number of piperazine rings is 1. The van der Waals surface area contributed by atoms with Crippen LogP contribution in [0.3, 0.4) is 0 Å². The topological polar surface area (TPSA) is 81.8 Å². The fourth-order valence-corrected chi connectivity index (χ4v) is 3.88. The Hall–Kier alpha value is -3.29. The van der Waals surface area contributed by atoms with E-state index in [4.69, 9.17) is 0 Å². The lowest BCUT2D eigenvalue weighted by molar-refractivity contribution is 0.244. The standard InChI is InChI=1S/C23H25N7/c1-2-4-18(5-3-1)21-20-22(25-16-26-23(20)29-28-21)27-19-8-6-17(7-9-19)10-13-30-14-11-24-12-15-30/h1-9,16,24H,10-15H2,(H2,25,26,27,28,29). The van der Waals surface area contributed by atoms with Crippen molar-refractivity contribution in [3.05, 3.63) is 66.5 Å². The summed E-state index contributed by atoms with van der Waals surface area (Å²) in [6.45, 7) is 5.57. The van der Waals surface area contributed by atoms with Crippen molar-refractivity contribution in [3.8, 4) is 11.3 Å². The Morgan fingerprint density at radius 1 is 0.933 bits per heavy atom. The highest BCUT2D eigenvalue weighted by molar-refractivity contribution is 5.99. The summed E-state index contributed by atoms with van der Waals surface area (Å²) in [5.74, 6) is 0.751. The zero-order chi connectivity index (χ0) is 20.2. The molecule has 7 heteroatoms. The van der Waals surface area contributed by atoms with Gasteiger partial charge in [-0.1, -0.05) is 42.5 Å². The summed E-state index contributed by atoms with van der Waals surface area (Å²) in [6, 6.07) is 18.7. The molecule has 0 amide bonds. The Morgan fingerprint density at radius 3 is 2.53 bits per heavy atom. The average molecular weight is 400 g/mol. The van der Waals surface area contributed by atoms with Gasteiger partial charge in [0.15, 0.2) is 5.65 Å². The van der Waals surface area contributed by atoms with E-state index in [2.05, 4.69) is 72.1 Å². The molecule has 1 aliphatic rings. The molecule has 0 unspecified atom stereocenters. The summed E-state index contributed by atoms with van der Waals surface area (Å²) in [5, 5.41) is 15.2. The zero-order valence-electron chi connectivity index (χ0n) is 16.8. The monoisotopic (exact) mass is 399 g/mol. The van der Waals surface area contributed by atoms with Crippen molar-refractivity contribution in [1.82, 2.24) is 30.4 Å². The minimum absolute atomic E-state index is 0.652. The number of H-pyrrole nitrogens is 1. The first-order valence-corrected chi connectivity index (χ1v) is 10.4. The van der Waals surface area contributed by atoms with Crippen molar-refractivity contribution in [2.24, 2.45) is 0 Å². The highest BCUT2D eigenvalue weighted by Crippen LogP contribution is 2.31. The fourth-order valence-electron chi connectivity index (χ4n) is 3.88. The molecule has 2 aromatic carbocycles. The maximum absolute atomic E-state index is 4.49. The SMILES string of the molecule is c1ccc(-c2[nH]nc3ncnc(Nc4ccc(CCN5CCNCC5)cc4)c23)cc1. The predicted octanol–water partition coefficient (Wildman–Crippen LogP) is 3.21. The van der Waals surface area contributed by atoms with Gasteiger partial charge in [0.2, 0.25) is 0 Å². The van der Waals surface area contributed by atoms with Crippen molar-refractivity contribution in [3.63, 3.8) is 0 Å². The van der Waals surface area contributed by atoms with E-state index in [-0.39, 0.29) is 0 Å². The Labute approximate surface area is 175 Å². The average Bonchev–Trinajstić information content (AvgIpc) is 3.25. The van der Waals surface area contributed by atoms with Crippen LogP contribution in [0.4, 0.5) is 11.5 Å². The van der Waals surface area contributed by atoms with Gasteiger partial charge in [-0.3, -0.25) is 5.10 Å². The molecule has 4 aromatic rings. The largest absolute Gasteiger partial charge is 0.339 e. The number of nitrogens with zero attached hydrogens (tertiary/aromatic N) is 4. The van der Waals surface area contributed by atoms with Crippen LogP contribution in [0.25, 0.3) is 22.3 Å². The van der Waals surface area contributed by atoms with Gasteiger partial charge in [0.1, 0.15) is 12.1 Å². The molecule has 7 nitrogen and oxygen atoms in total. The summed E-state index contributed by atoms with van der Waals surface area (Å²) < 4.78 is 0. The highest BCUT2D eigenvalue weighted by Gasteiger charge is 2.14. The number of hydrogen-bond donors (Lipinski definition) is 3. The molecule has 152 valence electrons. The molecular formula is C23H25N7. The molecule has 0 aliphatic carbocycles. The number of benzene rings is 2. The molecule has 5 rings (SSSR count). The van der Waals surface area contributed by atoms with Gasteiger partial charge in [0.25, 0.3) is 0 Å². The number of aromatic amines is 1. The van der Waals surface area contributed by atoms with E-state index in [1.54, 1.807) is 6.33 Å². The maximum atomic E-state index is 4.49. The molecule has 0 atom stereocenters. The van der Waals surface area contributed by atoms with Gasteiger partial charge >= 0.3 is 0 Å². The Morgan fingerprint density at radius 2 is 1.73 bits per heavy atom. The van der Waals surface area contributed by atoms with Gasteiger partial charge < -0.3 is 15.5 Å². The van der Waals surface area contributed by atoms with Crippen LogP contribution >= 0.6 is 0 Å². The first kappa shape index (κ1) is 18.7. The van der Waals surface area contributed by atoms with Crippen LogP contribution in [0.1, 0.15) is 5.56 Å². The molecule has 0 bridgehead atoms. The van der Waals surface area contributed by atoms with E-state index < -0.39 is 0 Å². The van der Waals surface area contributed by atoms with E-state index >= 15 is 0 Å². The molecule has 2 aromatic heterocycles. The van der Waals surface area contributed by atoms with Crippen molar-refractivity contribution in [1.29, 1.82) is 0 Å². The van der Waals surface area contributed by atoms with Crippen molar-refractivity contribution < 1.29 is 0 Å². The summed E-state index contributed by atoms with van der Waals surface area (Å²) in [7, 11) is 0. The van der Waals surface area contributed by atoms with Crippen molar-refractivity contribution in [2.45, 2.75) is 6.42 Å². The fraction of sp³-hybridized carbons (Fsp3) is 0.261. The van der Waals surface area contributed by atoms with E-state index in [1.807, 2.05) is 18.2 Å². The second-order valence-electron chi connectivity index (χ2n) is 7.55. The summed E-state index contributed by atoms with van der Waals surface area (Å²) in [5.41, 5.74) is 4.97. The molecule has 1 saturated heterocycles. The number of hydrogen-bond acceptors (Lipinski definition) is 6. The Balaban J connectivity index is 1.33. The number of nitrogens with one attached hydrogen (secondary N) is 3. The third-order valence-electron chi connectivity index (χ3n) is 5.56. The smallest absolute Gasteiger partial charge is 0.186 e. The minimum Gasteiger partial charge on any atom is -0.339 e. The van der Waals surface area contributed by atoms with Crippen LogP contribution < -0.4 is 10.6 Å².